The lowest BCUT2D eigenvalue weighted by atomic mass is 9.98. The first-order chi connectivity index (χ1) is 12.3. The number of rotatable bonds is 5. The van der Waals surface area contributed by atoms with Crippen LogP contribution in [0.2, 0.25) is 0 Å². The number of aromatic nitrogens is 2. The molecule has 0 radical (unpaired) electrons. The highest BCUT2D eigenvalue weighted by atomic mass is 16.5. The van der Waals surface area contributed by atoms with Crippen LogP contribution in [-0.4, -0.2) is 16.2 Å². The van der Waals surface area contributed by atoms with E-state index in [1.807, 2.05) is 30.3 Å². The van der Waals surface area contributed by atoms with Gasteiger partial charge < -0.3 is 13.8 Å². The second-order valence-electron chi connectivity index (χ2n) is 5.90. The van der Waals surface area contributed by atoms with Crippen molar-refractivity contribution in [3.05, 3.63) is 59.0 Å². The van der Waals surface area contributed by atoms with Gasteiger partial charge in [-0.05, 0) is 36.4 Å². The first-order valence-electron chi connectivity index (χ1n) is 8.22. The number of benzene rings is 1. The maximum absolute atomic E-state index is 12.3. The molecular formula is C18H17N3O4. The molecule has 0 saturated carbocycles. The number of carbonyl (C=O) groups excluding carboxylic acids is 1. The third-order valence-corrected chi connectivity index (χ3v) is 4.13. The average molecular weight is 339 g/mol. The molecule has 7 heteroatoms. The van der Waals surface area contributed by atoms with Crippen LogP contribution in [0, 0.1) is 0 Å². The SMILES string of the molecule is O=C(Nc1onc2c1CCCC2)c1cc(OCc2ccccc2)no1. The van der Waals surface area contributed by atoms with Crippen molar-refractivity contribution in [2.24, 2.45) is 0 Å². The van der Waals surface area contributed by atoms with E-state index in [-0.39, 0.29) is 11.6 Å². The van der Waals surface area contributed by atoms with E-state index >= 15 is 0 Å². The lowest BCUT2D eigenvalue weighted by molar-refractivity contribution is 0.0984. The van der Waals surface area contributed by atoms with Gasteiger partial charge in [0.15, 0.2) is 0 Å². The standard InChI is InChI=1S/C18H17N3O4/c22-17(19-18-13-8-4-5-9-14(13)20-25-18)15-10-16(21-24-15)23-11-12-6-2-1-3-7-12/h1-3,6-7,10H,4-5,8-9,11H2,(H,19,22). The van der Waals surface area contributed by atoms with Crippen LogP contribution >= 0.6 is 0 Å². The van der Waals surface area contributed by atoms with E-state index in [1.165, 1.54) is 6.07 Å². The van der Waals surface area contributed by atoms with Crippen LogP contribution in [0.1, 0.15) is 40.2 Å². The van der Waals surface area contributed by atoms with Gasteiger partial charge in [0.1, 0.15) is 6.61 Å². The van der Waals surface area contributed by atoms with Gasteiger partial charge in [0.25, 0.3) is 11.8 Å². The van der Waals surface area contributed by atoms with Crippen molar-refractivity contribution < 1.29 is 18.6 Å². The van der Waals surface area contributed by atoms with Crippen molar-refractivity contribution in [3.63, 3.8) is 0 Å². The van der Waals surface area contributed by atoms with Gasteiger partial charge in [-0.25, -0.2) is 0 Å². The highest BCUT2D eigenvalue weighted by Crippen LogP contribution is 2.28. The van der Waals surface area contributed by atoms with Crippen LogP contribution in [0.3, 0.4) is 0 Å². The largest absolute Gasteiger partial charge is 0.471 e. The number of nitrogens with zero attached hydrogens (tertiary/aromatic N) is 2. The van der Waals surface area contributed by atoms with Gasteiger partial charge in [-0.2, -0.15) is 0 Å². The Morgan fingerprint density at radius 3 is 2.84 bits per heavy atom. The minimum Gasteiger partial charge on any atom is -0.471 e. The molecule has 0 saturated heterocycles. The van der Waals surface area contributed by atoms with E-state index in [9.17, 15) is 4.79 Å². The fourth-order valence-corrected chi connectivity index (χ4v) is 2.82. The molecule has 0 aliphatic heterocycles. The summed E-state index contributed by atoms with van der Waals surface area (Å²) in [7, 11) is 0. The highest BCUT2D eigenvalue weighted by Gasteiger charge is 2.23. The predicted octanol–water partition coefficient (Wildman–Crippen LogP) is 3.37. The number of hydrogen-bond donors (Lipinski definition) is 1. The Labute approximate surface area is 143 Å². The summed E-state index contributed by atoms with van der Waals surface area (Å²) in [5, 5.41) is 10.5. The lowest BCUT2D eigenvalue weighted by Gasteiger charge is -2.08. The average Bonchev–Trinajstić information content (AvgIpc) is 3.29. The molecule has 128 valence electrons. The summed E-state index contributed by atoms with van der Waals surface area (Å²) in [5.74, 6) is 0.270. The first-order valence-corrected chi connectivity index (χ1v) is 8.22. The molecule has 25 heavy (non-hydrogen) atoms. The summed E-state index contributed by atoms with van der Waals surface area (Å²) in [6.07, 6.45) is 3.90. The number of anilines is 1. The molecule has 4 rings (SSSR count). The summed E-state index contributed by atoms with van der Waals surface area (Å²) in [4.78, 5) is 12.3. The molecule has 0 bridgehead atoms. The summed E-state index contributed by atoms with van der Waals surface area (Å²) in [5.41, 5.74) is 2.90. The molecule has 2 aromatic heterocycles. The van der Waals surface area contributed by atoms with Crippen LogP contribution in [-0.2, 0) is 19.4 Å². The minimum atomic E-state index is -0.438. The molecule has 1 aliphatic carbocycles. The molecule has 0 fully saturated rings. The quantitative estimate of drug-likeness (QED) is 0.766. The van der Waals surface area contributed by atoms with Crippen molar-refractivity contribution in [1.82, 2.24) is 10.3 Å². The zero-order valence-electron chi connectivity index (χ0n) is 13.5. The van der Waals surface area contributed by atoms with Gasteiger partial charge in [0, 0.05) is 5.56 Å². The number of aryl methyl sites for hydroxylation is 1. The van der Waals surface area contributed by atoms with Crippen molar-refractivity contribution >= 4 is 11.8 Å². The molecule has 0 spiro atoms. The van der Waals surface area contributed by atoms with Crippen LogP contribution in [0.4, 0.5) is 5.88 Å². The van der Waals surface area contributed by atoms with E-state index in [0.29, 0.717) is 12.5 Å². The number of amides is 1. The maximum atomic E-state index is 12.3. The molecule has 1 aliphatic rings. The Morgan fingerprint density at radius 1 is 1.12 bits per heavy atom. The zero-order chi connectivity index (χ0) is 17.1. The smallest absolute Gasteiger partial charge is 0.296 e. The Hall–Kier alpha value is -3.09. The molecule has 1 N–H and O–H groups in total. The molecule has 3 aromatic rings. The van der Waals surface area contributed by atoms with Crippen molar-refractivity contribution in [2.45, 2.75) is 32.3 Å². The van der Waals surface area contributed by atoms with Crippen molar-refractivity contribution in [1.29, 1.82) is 0 Å². The fraction of sp³-hybridized carbons (Fsp3) is 0.278. The molecule has 1 amide bonds. The minimum absolute atomic E-state index is 0.0593. The normalized spacial score (nSPS) is 13.3. The Morgan fingerprint density at radius 2 is 1.96 bits per heavy atom. The van der Waals surface area contributed by atoms with Crippen LogP contribution in [0.25, 0.3) is 0 Å². The molecule has 0 atom stereocenters. The van der Waals surface area contributed by atoms with Gasteiger partial charge in [-0.1, -0.05) is 35.5 Å². The number of hydrogen-bond acceptors (Lipinski definition) is 6. The zero-order valence-corrected chi connectivity index (χ0v) is 13.5. The van der Waals surface area contributed by atoms with Crippen LogP contribution < -0.4 is 10.1 Å². The fourth-order valence-electron chi connectivity index (χ4n) is 2.82. The third kappa shape index (κ3) is 3.40. The van der Waals surface area contributed by atoms with Gasteiger partial charge in [-0.15, -0.1) is 0 Å². The van der Waals surface area contributed by atoms with Gasteiger partial charge in [0.05, 0.1) is 11.8 Å². The summed E-state index contributed by atoms with van der Waals surface area (Å²) in [6.45, 7) is 0.351. The van der Waals surface area contributed by atoms with Crippen LogP contribution in [0.5, 0.6) is 5.88 Å². The second kappa shape index (κ2) is 6.80. The third-order valence-electron chi connectivity index (χ3n) is 4.13. The molecule has 1 aromatic carbocycles. The molecule has 2 heterocycles. The summed E-state index contributed by atoms with van der Waals surface area (Å²) < 4.78 is 15.8. The van der Waals surface area contributed by atoms with Gasteiger partial charge in [0.2, 0.25) is 11.6 Å². The lowest BCUT2D eigenvalue weighted by Crippen LogP contribution is -2.12. The monoisotopic (exact) mass is 339 g/mol. The van der Waals surface area contributed by atoms with E-state index in [4.69, 9.17) is 13.8 Å². The maximum Gasteiger partial charge on any atom is 0.296 e. The van der Waals surface area contributed by atoms with Gasteiger partial charge >= 0.3 is 0 Å². The molecular weight excluding hydrogens is 322 g/mol. The number of fused-ring (bicyclic) bond motifs is 1. The van der Waals surface area contributed by atoms with Gasteiger partial charge in [-0.3, -0.25) is 10.1 Å². The molecule has 7 nitrogen and oxygen atoms in total. The number of carbonyl (C=O) groups is 1. The van der Waals surface area contributed by atoms with Crippen molar-refractivity contribution in [3.8, 4) is 5.88 Å². The second-order valence-corrected chi connectivity index (χ2v) is 5.90. The topological polar surface area (TPSA) is 90.4 Å². The molecule has 0 unspecified atom stereocenters. The first kappa shape index (κ1) is 15.4. The van der Waals surface area contributed by atoms with E-state index < -0.39 is 5.91 Å². The number of ether oxygens (including phenoxy) is 1. The van der Waals surface area contributed by atoms with Crippen LogP contribution in [0.15, 0.2) is 45.4 Å². The van der Waals surface area contributed by atoms with E-state index in [1.54, 1.807) is 0 Å². The number of nitrogens with one attached hydrogen (secondary N) is 1. The summed E-state index contributed by atoms with van der Waals surface area (Å²) >= 11 is 0. The highest BCUT2D eigenvalue weighted by molar-refractivity contribution is 6.01. The Bertz CT molecular complexity index is 870. The Kier molecular flexibility index (Phi) is 4.20. The Balaban J connectivity index is 1.40. The van der Waals surface area contributed by atoms with E-state index in [0.717, 1.165) is 42.5 Å². The predicted molar refractivity (Wildman–Crippen MR) is 88.4 cm³/mol. The van der Waals surface area contributed by atoms with Crippen molar-refractivity contribution in [2.75, 3.05) is 5.32 Å². The summed E-state index contributed by atoms with van der Waals surface area (Å²) in [6, 6.07) is 11.1. The van der Waals surface area contributed by atoms with E-state index in [2.05, 4.69) is 15.6 Å².